The molecule has 0 aromatic heterocycles. The van der Waals surface area contributed by atoms with Crippen LogP contribution in [0.3, 0.4) is 0 Å². The van der Waals surface area contributed by atoms with Crippen LogP contribution in [0.4, 0.5) is 0 Å². The molecule has 0 heterocycles. The first-order chi connectivity index (χ1) is 15.5. The molecule has 0 aliphatic rings. The first-order valence-electron chi connectivity index (χ1n) is 12.7. The fourth-order valence-corrected chi connectivity index (χ4v) is 3.99. The van der Waals surface area contributed by atoms with Gasteiger partial charge in [-0.25, -0.2) is 0 Å². The summed E-state index contributed by atoms with van der Waals surface area (Å²) in [5.41, 5.74) is 2.84. The van der Waals surface area contributed by atoms with E-state index in [0.29, 0.717) is 0 Å². The molecule has 0 radical (unpaired) electrons. The number of hydrogen-bond donors (Lipinski definition) is 2. The van der Waals surface area contributed by atoms with Crippen molar-refractivity contribution in [2.75, 3.05) is 6.61 Å². The third-order valence-corrected chi connectivity index (χ3v) is 5.82. The molecule has 0 unspecified atom stereocenters. The first kappa shape index (κ1) is 28.0. The molecule has 5 nitrogen and oxygen atoms in total. The summed E-state index contributed by atoms with van der Waals surface area (Å²) in [5.74, 6) is -0.416. The highest BCUT2D eigenvalue weighted by Gasteiger charge is 2.06. The minimum absolute atomic E-state index is 0.288. The molecule has 1 aromatic carbocycles. The Morgan fingerprint density at radius 1 is 0.688 bits per heavy atom. The van der Waals surface area contributed by atoms with Gasteiger partial charge in [0.1, 0.15) is 5.75 Å². The minimum Gasteiger partial charge on any atom is -0.494 e. The Hall–Kier alpha value is -2.04. The van der Waals surface area contributed by atoms with Crippen LogP contribution in [0.5, 0.6) is 5.75 Å². The summed E-state index contributed by atoms with van der Waals surface area (Å²) >= 11 is 0. The summed E-state index contributed by atoms with van der Waals surface area (Å²) in [7, 11) is 0. The Morgan fingerprint density at radius 2 is 1.16 bits per heavy atom. The number of unbranched alkanes of at least 4 members (excludes halogenated alkanes) is 10. The van der Waals surface area contributed by atoms with Crippen molar-refractivity contribution >= 4 is 11.9 Å². The molecule has 0 atom stereocenters. The fourth-order valence-electron chi connectivity index (χ4n) is 3.99. The Morgan fingerprint density at radius 3 is 1.66 bits per heavy atom. The second-order valence-electron chi connectivity index (χ2n) is 8.81. The van der Waals surface area contributed by atoms with E-state index in [2.05, 4.69) is 25.1 Å². The third-order valence-electron chi connectivity index (χ3n) is 5.82. The van der Waals surface area contributed by atoms with E-state index in [1.54, 1.807) is 0 Å². The normalized spacial score (nSPS) is 10.9. The number of carboxylic acid groups (broad SMARTS) is 2. The van der Waals surface area contributed by atoms with Crippen LogP contribution in [-0.2, 0) is 22.4 Å². The lowest BCUT2D eigenvalue weighted by Gasteiger charge is -2.13. The molecule has 0 saturated carbocycles. The van der Waals surface area contributed by atoms with E-state index in [4.69, 9.17) is 14.9 Å². The Bertz CT molecular complexity index is 641. The lowest BCUT2D eigenvalue weighted by Crippen LogP contribution is -2.00. The van der Waals surface area contributed by atoms with E-state index in [1.807, 2.05) is 0 Å². The molecular weight excluding hydrogens is 404 g/mol. The lowest BCUT2D eigenvalue weighted by molar-refractivity contribution is -0.138. The molecule has 182 valence electrons. The third kappa shape index (κ3) is 14.9. The maximum absolute atomic E-state index is 10.6. The summed E-state index contributed by atoms with van der Waals surface area (Å²) in [6.45, 7) is 2.87. The monoisotopic (exact) mass is 448 g/mol. The maximum atomic E-state index is 10.6. The number of benzene rings is 1. The van der Waals surface area contributed by atoms with Crippen molar-refractivity contribution in [3.63, 3.8) is 0 Å². The maximum Gasteiger partial charge on any atom is 0.303 e. The molecule has 32 heavy (non-hydrogen) atoms. The first-order valence-corrected chi connectivity index (χ1v) is 12.7. The van der Waals surface area contributed by atoms with Gasteiger partial charge in [-0.05, 0) is 68.2 Å². The zero-order valence-electron chi connectivity index (χ0n) is 20.1. The van der Waals surface area contributed by atoms with Crippen LogP contribution >= 0.6 is 0 Å². The second-order valence-corrected chi connectivity index (χ2v) is 8.81. The van der Waals surface area contributed by atoms with Crippen LogP contribution in [0.2, 0.25) is 0 Å². The quantitative estimate of drug-likeness (QED) is 0.194. The van der Waals surface area contributed by atoms with Crippen LogP contribution in [0.1, 0.15) is 114 Å². The number of hydrogen-bond acceptors (Lipinski definition) is 3. The standard InChI is InChI=1S/C27H44O5/c1-2-21-32-25-20-19-23(15-11-7-3-5-9-13-17-26(28)29)24(22-25)16-12-8-4-6-10-14-18-27(30)31/h19-20,22H,2-18,21H2,1H3,(H,28,29)(H,30,31). The van der Waals surface area contributed by atoms with Crippen LogP contribution in [0.25, 0.3) is 0 Å². The van der Waals surface area contributed by atoms with Gasteiger partial charge in [-0.15, -0.1) is 0 Å². The summed E-state index contributed by atoms with van der Waals surface area (Å²) in [6.07, 6.45) is 16.6. The van der Waals surface area contributed by atoms with E-state index in [9.17, 15) is 9.59 Å². The highest BCUT2D eigenvalue weighted by molar-refractivity contribution is 5.66. The minimum atomic E-state index is -0.694. The molecule has 0 saturated heterocycles. The van der Waals surface area contributed by atoms with Gasteiger partial charge in [0.2, 0.25) is 0 Å². The molecule has 0 aliphatic carbocycles. The zero-order valence-corrected chi connectivity index (χ0v) is 20.1. The summed E-state index contributed by atoms with van der Waals surface area (Å²) in [5, 5.41) is 17.4. The molecule has 0 spiro atoms. The molecule has 0 amide bonds. The van der Waals surface area contributed by atoms with Gasteiger partial charge in [-0.2, -0.15) is 0 Å². The van der Waals surface area contributed by atoms with Crippen molar-refractivity contribution in [2.45, 2.75) is 116 Å². The number of rotatable bonds is 21. The Labute approximate surface area is 194 Å². The van der Waals surface area contributed by atoms with Crippen LogP contribution < -0.4 is 4.74 Å². The molecule has 1 rings (SSSR count). The molecule has 5 heteroatoms. The lowest BCUT2D eigenvalue weighted by atomic mass is 9.96. The van der Waals surface area contributed by atoms with Gasteiger partial charge in [-0.1, -0.05) is 64.4 Å². The van der Waals surface area contributed by atoms with E-state index in [-0.39, 0.29) is 12.8 Å². The van der Waals surface area contributed by atoms with Gasteiger partial charge < -0.3 is 14.9 Å². The van der Waals surface area contributed by atoms with Crippen LogP contribution in [-0.4, -0.2) is 28.8 Å². The fraction of sp³-hybridized carbons (Fsp3) is 0.704. The zero-order chi connectivity index (χ0) is 23.4. The summed E-state index contributed by atoms with van der Waals surface area (Å²) < 4.78 is 5.85. The predicted octanol–water partition coefficient (Wildman–Crippen LogP) is 7.19. The average Bonchev–Trinajstić information content (AvgIpc) is 2.76. The second kappa shape index (κ2) is 18.5. The topological polar surface area (TPSA) is 83.8 Å². The van der Waals surface area contributed by atoms with Crippen LogP contribution in [0.15, 0.2) is 18.2 Å². The van der Waals surface area contributed by atoms with Gasteiger partial charge in [0, 0.05) is 12.8 Å². The van der Waals surface area contributed by atoms with Gasteiger partial charge in [-0.3, -0.25) is 9.59 Å². The van der Waals surface area contributed by atoms with E-state index in [0.717, 1.165) is 76.6 Å². The number of aliphatic carboxylic acids is 2. The molecule has 0 aliphatic heterocycles. The number of carboxylic acids is 2. The molecule has 1 aromatic rings. The highest BCUT2D eigenvalue weighted by Crippen LogP contribution is 2.23. The summed E-state index contributed by atoms with van der Waals surface area (Å²) in [6, 6.07) is 6.56. The van der Waals surface area contributed by atoms with Gasteiger partial charge in [0.05, 0.1) is 6.61 Å². The van der Waals surface area contributed by atoms with Gasteiger partial charge >= 0.3 is 11.9 Å². The predicted molar refractivity (Wildman–Crippen MR) is 130 cm³/mol. The smallest absolute Gasteiger partial charge is 0.303 e. The largest absolute Gasteiger partial charge is 0.494 e. The average molecular weight is 449 g/mol. The highest BCUT2D eigenvalue weighted by atomic mass is 16.5. The number of ether oxygens (including phenoxy) is 1. The number of aryl methyl sites for hydroxylation is 2. The SMILES string of the molecule is CCCOc1ccc(CCCCCCCCC(=O)O)c(CCCCCCCCC(=O)O)c1. The molecule has 0 bridgehead atoms. The van der Waals surface area contributed by atoms with Crippen molar-refractivity contribution in [3.8, 4) is 5.75 Å². The van der Waals surface area contributed by atoms with E-state index >= 15 is 0 Å². The van der Waals surface area contributed by atoms with Crippen molar-refractivity contribution < 1.29 is 24.5 Å². The van der Waals surface area contributed by atoms with Crippen molar-refractivity contribution in [1.29, 1.82) is 0 Å². The molecular formula is C27H44O5. The van der Waals surface area contributed by atoms with Gasteiger partial charge in [0.25, 0.3) is 0 Å². The van der Waals surface area contributed by atoms with E-state index in [1.165, 1.54) is 43.2 Å². The van der Waals surface area contributed by atoms with Gasteiger partial charge in [0.15, 0.2) is 0 Å². The molecule has 0 fully saturated rings. The summed E-state index contributed by atoms with van der Waals surface area (Å²) in [4.78, 5) is 21.1. The number of carbonyl (C=O) groups is 2. The van der Waals surface area contributed by atoms with Crippen molar-refractivity contribution in [2.24, 2.45) is 0 Å². The Kier molecular flexibility index (Phi) is 16.2. The molecule has 2 N–H and O–H groups in total. The van der Waals surface area contributed by atoms with Crippen LogP contribution in [0, 0.1) is 0 Å². The van der Waals surface area contributed by atoms with E-state index < -0.39 is 11.9 Å². The Balaban J connectivity index is 2.36. The van der Waals surface area contributed by atoms with Crippen molar-refractivity contribution in [1.82, 2.24) is 0 Å². The van der Waals surface area contributed by atoms with Crippen molar-refractivity contribution in [3.05, 3.63) is 29.3 Å².